The molecule has 14 heteroatoms. The fraction of sp³-hybridized carbons (Fsp3) is 0.294. The largest absolute Gasteiger partial charge is 0.488 e. The Morgan fingerprint density at radius 1 is 1.42 bits per heavy atom. The molecule has 1 N–H and O–H groups in total. The van der Waals surface area contributed by atoms with Gasteiger partial charge in [-0.05, 0) is 18.2 Å². The number of fused-ring (bicyclic) bond motifs is 1. The summed E-state index contributed by atoms with van der Waals surface area (Å²) >= 11 is 3.09. The molecule has 2 aromatic rings. The normalized spacial score (nSPS) is 17.9. The van der Waals surface area contributed by atoms with Crippen molar-refractivity contribution in [2.24, 2.45) is 0 Å². The van der Waals surface area contributed by atoms with Crippen molar-refractivity contribution >= 4 is 49.2 Å². The number of nitriles is 1. The highest BCUT2D eigenvalue weighted by atomic mass is 79.9. The third-order valence-corrected chi connectivity index (χ3v) is 5.18. The molecular weight excluding hydrogens is 509 g/mol. The van der Waals surface area contributed by atoms with Crippen molar-refractivity contribution in [3.05, 3.63) is 34.4 Å². The highest BCUT2D eigenvalue weighted by Gasteiger charge is 2.47. The molecule has 1 saturated heterocycles. The van der Waals surface area contributed by atoms with E-state index in [0.29, 0.717) is 4.90 Å². The molecular formula is C17H12BrF3N4O5S. The molecule has 0 spiro atoms. The van der Waals surface area contributed by atoms with Crippen molar-refractivity contribution in [3.63, 3.8) is 0 Å². The van der Waals surface area contributed by atoms with E-state index in [9.17, 15) is 30.7 Å². The smallest absolute Gasteiger partial charge is 0.356 e. The quantitative estimate of drug-likeness (QED) is 0.597. The first-order valence-corrected chi connectivity index (χ1v) is 10.6. The minimum atomic E-state index is -5.37. The van der Waals surface area contributed by atoms with E-state index < -0.39 is 59.5 Å². The van der Waals surface area contributed by atoms with E-state index in [4.69, 9.17) is 5.26 Å². The molecule has 1 aliphatic rings. The summed E-state index contributed by atoms with van der Waals surface area (Å²) in [4.78, 5) is 29.4. The Labute approximate surface area is 182 Å². The van der Waals surface area contributed by atoms with Crippen LogP contribution in [0.2, 0.25) is 0 Å². The van der Waals surface area contributed by atoms with Gasteiger partial charge in [0, 0.05) is 22.5 Å². The monoisotopic (exact) mass is 520 g/mol. The van der Waals surface area contributed by atoms with Crippen LogP contribution in [0, 0.1) is 11.3 Å². The molecule has 1 aromatic heterocycles. The number of nitrogens with one attached hydrogen (secondary N) is 1. The lowest BCUT2D eigenvalue weighted by Crippen LogP contribution is -2.43. The van der Waals surface area contributed by atoms with Crippen LogP contribution in [0.3, 0.4) is 0 Å². The maximum absolute atomic E-state index is 13.5. The van der Waals surface area contributed by atoms with Crippen LogP contribution in [0.4, 0.5) is 12.7 Å². The molecule has 1 aliphatic heterocycles. The number of amides is 2. The zero-order valence-corrected chi connectivity index (χ0v) is 17.7. The van der Waals surface area contributed by atoms with Gasteiger partial charge in [-0.2, -0.15) is 13.7 Å². The predicted molar refractivity (Wildman–Crippen MR) is 103 cm³/mol. The Kier molecular flexibility index (Phi) is 6.10. The number of benzene rings is 1. The van der Waals surface area contributed by atoms with Crippen LogP contribution in [0.25, 0.3) is 10.9 Å². The fourth-order valence-electron chi connectivity index (χ4n) is 3.10. The van der Waals surface area contributed by atoms with Gasteiger partial charge in [0.1, 0.15) is 11.6 Å². The van der Waals surface area contributed by atoms with E-state index in [1.165, 1.54) is 12.1 Å². The van der Waals surface area contributed by atoms with Crippen molar-refractivity contribution in [1.29, 1.82) is 5.26 Å². The first-order chi connectivity index (χ1) is 14.4. The topological polar surface area (TPSA) is 129 Å². The van der Waals surface area contributed by atoms with Crippen LogP contribution in [0.1, 0.15) is 16.8 Å². The summed E-state index contributed by atoms with van der Waals surface area (Å²) in [5.74, 6) is -5.36. The van der Waals surface area contributed by atoms with E-state index in [2.05, 4.69) is 30.4 Å². The van der Waals surface area contributed by atoms with Crippen LogP contribution in [0.15, 0.2) is 28.9 Å². The van der Waals surface area contributed by atoms with E-state index in [1.54, 1.807) is 6.07 Å². The van der Waals surface area contributed by atoms with Crippen LogP contribution < -0.4 is 9.50 Å². The molecule has 9 nitrogen and oxygen atoms in total. The summed E-state index contributed by atoms with van der Waals surface area (Å²) in [6.45, 7) is -1.59. The average Bonchev–Trinajstić information content (AvgIpc) is 2.99. The molecule has 0 unspecified atom stereocenters. The Bertz CT molecular complexity index is 1220. The van der Waals surface area contributed by atoms with Gasteiger partial charge in [0.15, 0.2) is 5.75 Å². The first kappa shape index (κ1) is 22.8. The number of halogens is 4. The molecule has 1 atom stereocenters. The lowest BCUT2D eigenvalue weighted by Gasteiger charge is -2.19. The molecule has 1 aromatic carbocycles. The van der Waals surface area contributed by atoms with Gasteiger partial charge in [0.05, 0.1) is 24.7 Å². The van der Waals surface area contributed by atoms with Gasteiger partial charge in [0.25, 0.3) is 11.8 Å². The zero-order valence-electron chi connectivity index (χ0n) is 15.3. The molecule has 2 heterocycles. The Morgan fingerprint density at radius 2 is 2.13 bits per heavy atom. The molecule has 2 amide bonds. The molecule has 31 heavy (non-hydrogen) atoms. The van der Waals surface area contributed by atoms with Crippen LogP contribution >= 0.6 is 15.9 Å². The third-order valence-electron chi connectivity index (χ3n) is 4.35. The van der Waals surface area contributed by atoms with E-state index in [1.807, 2.05) is 0 Å². The Morgan fingerprint density at radius 3 is 2.77 bits per heavy atom. The second-order valence-corrected chi connectivity index (χ2v) is 8.41. The summed E-state index contributed by atoms with van der Waals surface area (Å²) < 4.78 is 66.2. The van der Waals surface area contributed by atoms with Gasteiger partial charge < -0.3 is 14.4 Å². The number of hydrogen-bond donors (Lipinski definition) is 1. The van der Waals surface area contributed by atoms with Gasteiger partial charge >= 0.3 is 10.5 Å². The maximum atomic E-state index is 13.5. The minimum Gasteiger partial charge on any atom is -0.356 e. The number of aromatic nitrogens is 1. The second kappa shape index (κ2) is 8.31. The van der Waals surface area contributed by atoms with Gasteiger partial charge in [0.2, 0.25) is 5.91 Å². The lowest BCUT2D eigenvalue weighted by atomic mass is 10.1. The molecule has 3 rings (SSSR count). The van der Waals surface area contributed by atoms with E-state index >= 15 is 0 Å². The molecule has 0 aliphatic carbocycles. The van der Waals surface area contributed by atoms with Gasteiger partial charge in [-0.3, -0.25) is 14.6 Å². The number of likely N-dealkylation sites (tertiary alicyclic amines) is 1. The lowest BCUT2D eigenvalue weighted by molar-refractivity contribution is -0.131. The number of rotatable bonds is 5. The molecule has 0 saturated carbocycles. The Hall–Kier alpha value is -2.92. The number of carbonyl (C=O) groups excluding carboxylic acids is 2. The summed E-state index contributed by atoms with van der Waals surface area (Å²) in [6.07, 6.45) is 0.351. The average molecular weight is 521 g/mol. The summed E-state index contributed by atoms with van der Waals surface area (Å²) in [6, 6.07) is 4.10. The van der Waals surface area contributed by atoms with Crippen molar-refractivity contribution in [3.8, 4) is 11.8 Å². The van der Waals surface area contributed by atoms with Crippen LogP contribution in [-0.2, 0) is 15.3 Å². The number of alkyl halides is 2. The number of carbonyl (C=O) groups is 2. The summed E-state index contributed by atoms with van der Waals surface area (Å²) in [7, 11) is -5.37. The van der Waals surface area contributed by atoms with Crippen LogP contribution in [-0.4, -0.2) is 55.2 Å². The van der Waals surface area contributed by atoms with Crippen molar-refractivity contribution in [2.45, 2.75) is 18.4 Å². The predicted octanol–water partition coefficient (Wildman–Crippen LogP) is 2.08. The summed E-state index contributed by atoms with van der Waals surface area (Å²) in [5, 5.41) is 11.3. The van der Waals surface area contributed by atoms with Gasteiger partial charge in [-0.25, -0.2) is 8.78 Å². The third kappa shape index (κ3) is 5.23. The van der Waals surface area contributed by atoms with Crippen molar-refractivity contribution in [2.75, 3.05) is 13.1 Å². The molecule has 0 radical (unpaired) electrons. The van der Waals surface area contributed by atoms with Crippen molar-refractivity contribution < 1.29 is 34.9 Å². The fourth-order valence-corrected chi connectivity index (χ4v) is 3.88. The summed E-state index contributed by atoms with van der Waals surface area (Å²) in [5.41, 5.74) is -0.212. The first-order valence-electron chi connectivity index (χ1n) is 8.47. The number of pyridine rings is 1. The number of hydrogen-bond acceptors (Lipinski definition) is 7. The second-order valence-electron chi connectivity index (χ2n) is 6.54. The zero-order chi connectivity index (χ0) is 23.0. The van der Waals surface area contributed by atoms with Crippen molar-refractivity contribution in [1.82, 2.24) is 15.2 Å². The maximum Gasteiger partial charge on any atom is 0.488 e. The molecule has 1 fully saturated rings. The van der Waals surface area contributed by atoms with Gasteiger partial charge in [-0.15, -0.1) is 0 Å². The Balaban J connectivity index is 1.83. The van der Waals surface area contributed by atoms with E-state index in [-0.39, 0.29) is 20.9 Å². The number of nitrogens with zero attached hydrogens (tertiary/aromatic N) is 3. The minimum absolute atomic E-state index is 0.0659. The molecule has 0 bridgehead atoms. The van der Waals surface area contributed by atoms with Crippen LogP contribution in [0.5, 0.6) is 5.75 Å². The highest BCUT2D eigenvalue weighted by Crippen LogP contribution is 2.33. The standard InChI is InChI=1S/C17H12BrF3N4O5S/c18-9-3-12-11(1-2-23-15(12)13(4-9)30-31(21,28)29)16(27)24-7-14(26)25-8-17(19,20)5-10(25)6-22/h1-4,10H,5,7-8H2,(H,24,27)/t10-/m0/s1. The molecule has 164 valence electrons. The SMILES string of the molecule is N#C[C@@H]1CC(F)(F)CN1C(=O)CNC(=O)c1ccnc2c(OS(=O)(=O)F)cc(Br)cc12. The van der Waals surface area contributed by atoms with Gasteiger partial charge in [-0.1, -0.05) is 19.8 Å². The van der Waals surface area contributed by atoms with E-state index in [0.717, 1.165) is 12.3 Å². The highest BCUT2D eigenvalue weighted by molar-refractivity contribution is 9.10.